The number of hydrogen-bond acceptors (Lipinski definition) is 3. The van der Waals surface area contributed by atoms with Gasteiger partial charge in [0.1, 0.15) is 6.54 Å². The van der Waals surface area contributed by atoms with Crippen molar-refractivity contribution in [1.29, 1.82) is 0 Å². The molecule has 0 saturated carbocycles. The normalized spacial score (nSPS) is 11.0. The molecule has 1 heterocycles. The molecule has 3 aromatic carbocycles. The quantitative estimate of drug-likeness (QED) is 0.199. The van der Waals surface area contributed by atoms with Gasteiger partial charge in [0.2, 0.25) is 5.91 Å². The number of hydrogen-bond donors (Lipinski definition) is 2. The van der Waals surface area contributed by atoms with Crippen LogP contribution >= 0.6 is 0 Å². The van der Waals surface area contributed by atoms with Crippen molar-refractivity contribution >= 4 is 28.5 Å². The minimum atomic E-state index is -0.287. The van der Waals surface area contributed by atoms with Crippen LogP contribution in [0.3, 0.4) is 0 Å². The Kier molecular flexibility index (Phi) is 10.4. The first-order valence-corrected chi connectivity index (χ1v) is 14.0. The first-order chi connectivity index (χ1) is 19.5. The molecule has 1 aromatic heterocycles. The molecule has 210 valence electrons. The number of rotatable bonds is 13. The number of methoxy groups -OCH3 is 1. The fraction of sp³-hybridized carbons (Fsp3) is 0.333. The molecule has 2 N–H and O–H groups in total. The lowest BCUT2D eigenvalue weighted by atomic mass is 10.1. The van der Waals surface area contributed by atoms with Crippen molar-refractivity contribution in [1.82, 2.24) is 14.8 Å². The predicted octanol–water partition coefficient (Wildman–Crippen LogP) is 6.18. The standard InChI is InChI=1S/C33H40N4O3/c1-4-26-9-7-10-29(21-26)35-33(39)37(18-8-20-40-3)24-32(38)36(23-27-15-13-25(2)14-16-27)19-17-28-22-34-31-12-6-5-11-30(28)31/h5-7,9-16,21-22,34H,4,8,17-20,23-24H2,1-3H3,(H,35,39). The molecule has 0 aliphatic heterocycles. The highest BCUT2D eigenvalue weighted by Gasteiger charge is 2.22. The molecular weight excluding hydrogens is 500 g/mol. The second-order valence-electron chi connectivity index (χ2n) is 10.2. The molecule has 7 nitrogen and oxygen atoms in total. The van der Waals surface area contributed by atoms with Crippen molar-refractivity contribution in [3.8, 4) is 0 Å². The first kappa shape index (κ1) is 28.9. The van der Waals surface area contributed by atoms with Crippen molar-refractivity contribution in [3.63, 3.8) is 0 Å². The molecule has 4 aromatic rings. The van der Waals surface area contributed by atoms with Crippen LogP contribution < -0.4 is 5.32 Å². The number of anilines is 1. The predicted molar refractivity (Wildman–Crippen MR) is 162 cm³/mol. The second-order valence-corrected chi connectivity index (χ2v) is 10.2. The number of fused-ring (bicyclic) bond motifs is 1. The van der Waals surface area contributed by atoms with Gasteiger partial charge in [0, 0.05) is 56.1 Å². The van der Waals surface area contributed by atoms with Crippen LogP contribution in [0.2, 0.25) is 0 Å². The Hall–Kier alpha value is -4.10. The Morgan fingerprint density at radius 3 is 2.50 bits per heavy atom. The Bertz CT molecular complexity index is 1400. The third-order valence-corrected chi connectivity index (χ3v) is 7.15. The maximum atomic E-state index is 13.8. The van der Waals surface area contributed by atoms with Crippen molar-refractivity contribution in [2.45, 2.75) is 39.7 Å². The third kappa shape index (κ3) is 7.96. The SMILES string of the molecule is CCc1cccc(NC(=O)N(CCCOC)CC(=O)N(CCc2c[nH]c3ccccc23)Cc2ccc(C)cc2)c1. The molecule has 4 rings (SSSR count). The number of nitrogens with zero attached hydrogens (tertiary/aromatic N) is 2. The van der Waals surface area contributed by atoms with Crippen LogP contribution in [0.15, 0.2) is 79.0 Å². The van der Waals surface area contributed by atoms with E-state index in [0.717, 1.165) is 28.8 Å². The summed E-state index contributed by atoms with van der Waals surface area (Å²) in [5, 5.41) is 4.16. The van der Waals surface area contributed by atoms with Crippen LogP contribution in [0.4, 0.5) is 10.5 Å². The van der Waals surface area contributed by atoms with Gasteiger partial charge < -0.3 is 24.8 Å². The van der Waals surface area contributed by atoms with Crippen LogP contribution in [0, 0.1) is 6.92 Å². The summed E-state index contributed by atoms with van der Waals surface area (Å²) in [6, 6.07) is 24.0. The van der Waals surface area contributed by atoms with Gasteiger partial charge in [-0.25, -0.2) is 4.79 Å². The average molecular weight is 541 g/mol. The van der Waals surface area contributed by atoms with E-state index in [1.807, 2.05) is 47.5 Å². The van der Waals surface area contributed by atoms with E-state index in [2.05, 4.69) is 60.5 Å². The molecule has 0 bridgehead atoms. The minimum absolute atomic E-state index is 0.0111. The number of H-pyrrole nitrogens is 1. The maximum Gasteiger partial charge on any atom is 0.322 e. The maximum absolute atomic E-state index is 13.8. The van der Waals surface area contributed by atoms with E-state index in [1.165, 1.54) is 16.5 Å². The smallest absolute Gasteiger partial charge is 0.322 e. The van der Waals surface area contributed by atoms with E-state index < -0.39 is 0 Å². The number of aryl methyl sites for hydroxylation is 2. The number of amides is 3. The Morgan fingerprint density at radius 2 is 1.73 bits per heavy atom. The lowest BCUT2D eigenvalue weighted by Crippen LogP contribution is -2.45. The number of ether oxygens (including phenoxy) is 1. The van der Waals surface area contributed by atoms with Crippen LogP contribution in [-0.2, 0) is 28.9 Å². The summed E-state index contributed by atoms with van der Waals surface area (Å²) in [7, 11) is 1.64. The fourth-order valence-corrected chi connectivity index (χ4v) is 4.79. The summed E-state index contributed by atoms with van der Waals surface area (Å²) in [5.41, 5.74) is 6.36. The van der Waals surface area contributed by atoms with Gasteiger partial charge in [-0.05, 0) is 61.1 Å². The molecule has 0 aliphatic rings. The minimum Gasteiger partial charge on any atom is -0.385 e. The summed E-state index contributed by atoms with van der Waals surface area (Å²) < 4.78 is 5.22. The first-order valence-electron chi connectivity index (χ1n) is 14.0. The molecule has 0 spiro atoms. The van der Waals surface area contributed by atoms with Crippen LogP contribution in [0.5, 0.6) is 0 Å². The number of urea groups is 1. The van der Waals surface area contributed by atoms with Gasteiger partial charge in [-0.3, -0.25) is 4.79 Å². The molecule has 0 aliphatic carbocycles. The highest BCUT2D eigenvalue weighted by atomic mass is 16.5. The van der Waals surface area contributed by atoms with Gasteiger partial charge in [-0.1, -0.05) is 67.1 Å². The van der Waals surface area contributed by atoms with Crippen LogP contribution in [-0.4, -0.2) is 60.1 Å². The molecule has 3 amide bonds. The van der Waals surface area contributed by atoms with Crippen LogP contribution in [0.25, 0.3) is 10.9 Å². The number of nitrogens with one attached hydrogen (secondary N) is 2. The lowest BCUT2D eigenvalue weighted by molar-refractivity contribution is -0.132. The van der Waals surface area contributed by atoms with E-state index in [1.54, 1.807) is 12.0 Å². The number of benzene rings is 3. The number of para-hydroxylation sites is 1. The van der Waals surface area contributed by atoms with Gasteiger partial charge in [-0.15, -0.1) is 0 Å². The number of carbonyl (C=O) groups excluding carboxylic acids is 2. The summed E-state index contributed by atoms with van der Waals surface area (Å²) in [5.74, 6) is -0.0877. The van der Waals surface area contributed by atoms with Crippen molar-refractivity contribution in [2.24, 2.45) is 0 Å². The molecular formula is C33H40N4O3. The Morgan fingerprint density at radius 1 is 0.925 bits per heavy atom. The van der Waals surface area contributed by atoms with E-state index in [-0.39, 0.29) is 18.5 Å². The highest BCUT2D eigenvalue weighted by Crippen LogP contribution is 2.19. The number of carbonyl (C=O) groups is 2. The van der Waals surface area contributed by atoms with E-state index in [9.17, 15) is 9.59 Å². The average Bonchev–Trinajstić information content (AvgIpc) is 3.39. The third-order valence-electron chi connectivity index (χ3n) is 7.15. The van der Waals surface area contributed by atoms with Crippen molar-refractivity contribution < 1.29 is 14.3 Å². The molecule has 0 saturated heterocycles. The molecule has 0 fully saturated rings. The zero-order valence-electron chi connectivity index (χ0n) is 23.8. The largest absolute Gasteiger partial charge is 0.385 e. The summed E-state index contributed by atoms with van der Waals surface area (Å²) in [4.78, 5) is 33.9. The molecule has 0 atom stereocenters. The lowest BCUT2D eigenvalue weighted by Gasteiger charge is -2.28. The topological polar surface area (TPSA) is 77.7 Å². The van der Waals surface area contributed by atoms with Gasteiger partial charge in [0.05, 0.1) is 0 Å². The van der Waals surface area contributed by atoms with Crippen molar-refractivity contribution in [3.05, 3.63) is 101 Å². The van der Waals surface area contributed by atoms with E-state index in [4.69, 9.17) is 4.74 Å². The van der Waals surface area contributed by atoms with E-state index >= 15 is 0 Å². The summed E-state index contributed by atoms with van der Waals surface area (Å²) >= 11 is 0. The second kappa shape index (κ2) is 14.3. The van der Waals surface area contributed by atoms with Crippen LogP contribution in [0.1, 0.15) is 35.6 Å². The Balaban J connectivity index is 1.51. The molecule has 0 radical (unpaired) electrons. The molecule has 0 unspecified atom stereocenters. The highest BCUT2D eigenvalue weighted by molar-refractivity contribution is 5.92. The summed E-state index contributed by atoms with van der Waals surface area (Å²) in [6.45, 7) is 6.07. The monoisotopic (exact) mass is 540 g/mol. The number of aromatic nitrogens is 1. The van der Waals surface area contributed by atoms with Gasteiger partial charge >= 0.3 is 6.03 Å². The van der Waals surface area contributed by atoms with E-state index in [0.29, 0.717) is 39.1 Å². The fourth-order valence-electron chi connectivity index (χ4n) is 4.79. The Labute approximate surface area is 237 Å². The number of aromatic amines is 1. The van der Waals surface area contributed by atoms with Gasteiger partial charge in [0.25, 0.3) is 0 Å². The van der Waals surface area contributed by atoms with Gasteiger partial charge in [-0.2, -0.15) is 0 Å². The zero-order valence-corrected chi connectivity index (χ0v) is 23.8. The van der Waals surface area contributed by atoms with Gasteiger partial charge in [0.15, 0.2) is 0 Å². The zero-order chi connectivity index (χ0) is 28.3. The summed E-state index contributed by atoms with van der Waals surface area (Å²) in [6.07, 6.45) is 4.25. The molecule has 7 heteroatoms. The molecule has 40 heavy (non-hydrogen) atoms. The van der Waals surface area contributed by atoms with Crippen molar-refractivity contribution in [2.75, 3.05) is 38.7 Å².